The zero-order valence-corrected chi connectivity index (χ0v) is 9.64. The molecule has 8 heteroatoms. The second-order valence-electron chi connectivity index (χ2n) is 3.07. The highest BCUT2D eigenvalue weighted by Gasteiger charge is 2.26. The molecular formula is C7H13ClN4O2S. The smallest absolute Gasteiger partial charge is 0.260 e. The zero-order chi connectivity index (χ0) is 10.0. The summed E-state index contributed by atoms with van der Waals surface area (Å²) in [5, 5.41) is 3.27. The van der Waals surface area contributed by atoms with E-state index in [1.807, 2.05) is 0 Å². The number of sulfonamides is 1. The molecule has 0 bridgehead atoms. The standard InChI is InChI=1S/C7H12N4O2S.ClH/c12-14(13,7-5-9-6-10-7)11-3-1-8-2-4-11;/h5-6,8H,1-4H2,(H,9,10);1H. The quantitative estimate of drug-likeness (QED) is 0.739. The van der Waals surface area contributed by atoms with Crippen molar-refractivity contribution in [3.63, 3.8) is 0 Å². The van der Waals surface area contributed by atoms with Crippen molar-refractivity contribution in [1.82, 2.24) is 19.6 Å². The summed E-state index contributed by atoms with van der Waals surface area (Å²) in [7, 11) is -3.34. The maximum Gasteiger partial charge on any atom is 0.260 e. The molecule has 0 amide bonds. The Labute approximate surface area is 94.5 Å². The molecular weight excluding hydrogens is 240 g/mol. The first-order valence-electron chi connectivity index (χ1n) is 4.40. The fraction of sp³-hybridized carbons (Fsp3) is 0.571. The number of aromatic nitrogens is 2. The second kappa shape index (κ2) is 4.93. The van der Waals surface area contributed by atoms with Crippen molar-refractivity contribution in [2.24, 2.45) is 0 Å². The van der Waals surface area contributed by atoms with Crippen LogP contribution < -0.4 is 5.32 Å². The van der Waals surface area contributed by atoms with E-state index in [9.17, 15) is 8.42 Å². The van der Waals surface area contributed by atoms with Crippen LogP contribution in [0.4, 0.5) is 0 Å². The Morgan fingerprint density at radius 2 is 2.00 bits per heavy atom. The zero-order valence-electron chi connectivity index (χ0n) is 8.01. The van der Waals surface area contributed by atoms with Crippen LogP contribution in [0.5, 0.6) is 0 Å². The molecule has 86 valence electrons. The van der Waals surface area contributed by atoms with Gasteiger partial charge in [-0.3, -0.25) is 0 Å². The van der Waals surface area contributed by atoms with Gasteiger partial charge >= 0.3 is 0 Å². The third-order valence-corrected chi connectivity index (χ3v) is 3.99. The number of hydrogen-bond donors (Lipinski definition) is 2. The third kappa shape index (κ3) is 2.49. The Morgan fingerprint density at radius 3 is 2.53 bits per heavy atom. The number of hydrogen-bond acceptors (Lipinski definition) is 4. The van der Waals surface area contributed by atoms with Gasteiger partial charge in [-0.1, -0.05) is 0 Å². The molecule has 1 saturated heterocycles. The van der Waals surface area contributed by atoms with E-state index in [-0.39, 0.29) is 17.4 Å². The van der Waals surface area contributed by atoms with Crippen LogP contribution >= 0.6 is 12.4 Å². The Bertz CT molecular complexity index is 385. The number of rotatable bonds is 2. The Kier molecular flexibility index (Phi) is 4.09. The van der Waals surface area contributed by atoms with Crippen molar-refractivity contribution < 1.29 is 8.42 Å². The highest BCUT2D eigenvalue weighted by Crippen LogP contribution is 2.11. The molecule has 1 aliphatic rings. The minimum absolute atomic E-state index is 0. The molecule has 0 aliphatic carbocycles. The van der Waals surface area contributed by atoms with Gasteiger partial charge in [-0.05, 0) is 0 Å². The van der Waals surface area contributed by atoms with Crippen LogP contribution in [0, 0.1) is 0 Å². The molecule has 2 N–H and O–H groups in total. The van der Waals surface area contributed by atoms with E-state index in [2.05, 4.69) is 15.3 Å². The SMILES string of the molecule is Cl.O=S(=O)(c1cnc[nH]1)N1CCNCC1. The summed E-state index contributed by atoms with van der Waals surface area (Å²) in [6, 6.07) is 0. The number of nitrogens with zero attached hydrogens (tertiary/aromatic N) is 2. The molecule has 1 aliphatic heterocycles. The molecule has 0 spiro atoms. The van der Waals surface area contributed by atoms with Crippen LogP contribution in [0.25, 0.3) is 0 Å². The van der Waals surface area contributed by atoms with Crippen LogP contribution in [0.15, 0.2) is 17.6 Å². The van der Waals surface area contributed by atoms with E-state index >= 15 is 0 Å². The number of aromatic amines is 1. The molecule has 1 aromatic rings. The normalized spacial score (nSPS) is 18.4. The number of nitrogens with one attached hydrogen (secondary N) is 2. The first kappa shape index (κ1) is 12.4. The molecule has 0 atom stereocenters. The van der Waals surface area contributed by atoms with Gasteiger partial charge in [-0.15, -0.1) is 12.4 Å². The van der Waals surface area contributed by atoms with E-state index < -0.39 is 10.0 Å². The van der Waals surface area contributed by atoms with Crippen molar-refractivity contribution in [1.29, 1.82) is 0 Å². The van der Waals surface area contributed by atoms with Crippen molar-refractivity contribution in [2.75, 3.05) is 26.2 Å². The van der Waals surface area contributed by atoms with E-state index in [4.69, 9.17) is 0 Å². The average Bonchev–Trinajstić information content (AvgIpc) is 2.72. The fourth-order valence-corrected chi connectivity index (χ4v) is 2.75. The second-order valence-corrected chi connectivity index (χ2v) is 4.98. The van der Waals surface area contributed by atoms with Crippen LogP contribution in [0.3, 0.4) is 0 Å². The molecule has 1 aromatic heterocycles. The number of H-pyrrole nitrogens is 1. The van der Waals surface area contributed by atoms with Gasteiger partial charge in [-0.25, -0.2) is 13.4 Å². The lowest BCUT2D eigenvalue weighted by Gasteiger charge is -2.25. The lowest BCUT2D eigenvalue weighted by molar-refractivity contribution is 0.359. The summed E-state index contributed by atoms with van der Waals surface area (Å²) >= 11 is 0. The number of halogens is 1. The Hall–Kier alpha value is -0.630. The van der Waals surface area contributed by atoms with Gasteiger partial charge in [-0.2, -0.15) is 4.31 Å². The Morgan fingerprint density at radius 1 is 1.33 bits per heavy atom. The van der Waals surface area contributed by atoms with E-state index in [1.165, 1.54) is 16.8 Å². The molecule has 1 fully saturated rings. The molecule has 0 radical (unpaired) electrons. The van der Waals surface area contributed by atoms with Crippen molar-refractivity contribution in [3.05, 3.63) is 12.5 Å². The minimum atomic E-state index is -3.34. The van der Waals surface area contributed by atoms with Crippen molar-refractivity contribution >= 4 is 22.4 Å². The summed E-state index contributed by atoms with van der Waals surface area (Å²) < 4.78 is 25.2. The van der Waals surface area contributed by atoms with Gasteiger partial charge < -0.3 is 10.3 Å². The summed E-state index contributed by atoms with van der Waals surface area (Å²) in [4.78, 5) is 6.32. The van der Waals surface area contributed by atoms with Gasteiger partial charge in [0.25, 0.3) is 10.0 Å². The lowest BCUT2D eigenvalue weighted by Crippen LogP contribution is -2.46. The van der Waals surface area contributed by atoms with E-state index in [0.717, 1.165) is 0 Å². The van der Waals surface area contributed by atoms with Crippen molar-refractivity contribution in [3.8, 4) is 0 Å². The highest BCUT2D eigenvalue weighted by atomic mass is 35.5. The van der Waals surface area contributed by atoms with Crippen LogP contribution in [0.1, 0.15) is 0 Å². The molecule has 15 heavy (non-hydrogen) atoms. The van der Waals surface area contributed by atoms with Crippen LogP contribution in [0.2, 0.25) is 0 Å². The highest BCUT2D eigenvalue weighted by molar-refractivity contribution is 7.89. The van der Waals surface area contributed by atoms with Gasteiger partial charge in [0, 0.05) is 26.2 Å². The average molecular weight is 253 g/mol. The third-order valence-electron chi connectivity index (χ3n) is 2.17. The molecule has 0 aromatic carbocycles. The summed E-state index contributed by atoms with van der Waals surface area (Å²) in [5.41, 5.74) is 0. The molecule has 2 heterocycles. The molecule has 6 nitrogen and oxygen atoms in total. The van der Waals surface area contributed by atoms with Gasteiger partial charge in [0.1, 0.15) is 0 Å². The first-order chi connectivity index (χ1) is 6.71. The molecule has 0 saturated carbocycles. The van der Waals surface area contributed by atoms with Gasteiger partial charge in [0.2, 0.25) is 0 Å². The summed E-state index contributed by atoms with van der Waals surface area (Å²) in [6.07, 6.45) is 2.70. The van der Waals surface area contributed by atoms with Crippen LogP contribution in [-0.4, -0.2) is 48.9 Å². The summed E-state index contributed by atoms with van der Waals surface area (Å²) in [6.45, 7) is 2.43. The predicted molar refractivity (Wildman–Crippen MR) is 57.5 cm³/mol. The maximum atomic E-state index is 11.9. The van der Waals surface area contributed by atoms with Gasteiger partial charge in [0.15, 0.2) is 5.03 Å². The lowest BCUT2D eigenvalue weighted by atomic mass is 10.4. The maximum absolute atomic E-state index is 11.9. The van der Waals surface area contributed by atoms with Gasteiger partial charge in [0.05, 0.1) is 12.5 Å². The van der Waals surface area contributed by atoms with Crippen LogP contribution in [-0.2, 0) is 10.0 Å². The fourth-order valence-electron chi connectivity index (χ4n) is 1.41. The van der Waals surface area contributed by atoms with E-state index in [0.29, 0.717) is 26.2 Å². The minimum Gasteiger partial charge on any atom is -0.335 e. The largest absolute Gasteiger partial charge is 0.335 e. The molecule has 2 rings (SSSR count). The number of imidazole rings is 1. The van der Waals surface area contributed by atoms with Crippen molar-refractivity contribution in [2.45, 2.75) is 5.03 Å². The topological polar surface area (TPSA) is 78.1 Å². The first-order valence-corrected chi connectivity index (χ1v) is 5.84. The summed E-state index contributed by atoms with van der Waals surface area (Å²) in [5.74, 6) is 0. The number of piperazine rings is 1. The molecule has 0 unspecified atom stereocenters. The monoisotopic (exact) mass is 252 g/mol. The Balaban J connectivity index is 0.00000112. The van der Waals surface area contributed by atoms with E-state index in [1.54, 1.807) is 0 Å². The predicted octanol–water partition coefficient (Wildman–Crippen LogP) is -0.575.